The quantitative estimate of drug-likeness (QED) is 0.254. The van der Waals surface area contributed by atoms with E-state index >= 15 is 0 Å². The molecule has 2 aromatic carbocycles. The van der Waals surface area contributed by atoms with Gasteiger partial charge in [0, 0.05) is 61.8 Å². The molecule has 254 valence electrons. The van der Waals surface area contributed by atoms with Gasteiger partial charge in [0.1, 0.15) is 17.3 Å². The minimum atomic E-state index is -0.665. The van der Waals surface area contributed by atoms with E-state index in [0.29, 0.717) is 87.3 Å². The first-order valence-corrected chi connectivity index (χ1v) is 16.2. The lowest BCUT2D eigenvalue weighted by molar-refractivity contribution is 0.0303. The molecule has 0 bridgehead atoms. The zero-order chi connectivity index (χ0) is 34.3. The number of piperidine rings is 1. The third-order valence-corrected chi connectivity index (χ3v) is 8.68. The molecule has 2 saturated heterocycles. The molecule has 0 spiro atoms. The Morgan fingerprint density at radius 3 is 2.41 bits per heavy atom. The fourth-order valence-corrected chi connectivity index (χ4v) is 6.02. The molecular weight excluding hydrogens is 629 g/mol. The van der Waals surface area contributed by atoms with E-state index < -0.39 is 17.8 Å². The topological polar surface area (TPSA) is 143 Å². The van der Waals surface area contributed by atoms with Crippen molar-refractivity contribution in [1.29, 1.82) is 0 Å². The minimum Gasteiger partial charge on any atom is -0.439 e. The van der Waals surface area contributed by atoms with Gasteiger partial charge in [-0.1, -0.05) is 12.1 Å². The van der Waals surface area contributed by atoms with Crippen LogP contribution in [0.1, 0.15) is 44.9 Å². The second-order valence-electron chi connectivity index (χ2n) is 12.0. The highest BCUT2D eigenvalue weighted by atomic mass is 19.1. The molecule has 12 nitrogen and oxygen atoms in total. The molecule has 4 aromatic rings. The normalized spacial score (nSPS) is 15.4. The van der Waals surface area contributed by atoms with Gasteiger partial charge >= 0.3 is 6.03 Å². The van der Waals surface area contributed by atoms with Crippen LogP contribution in [0.2, 0.25) is 0 Å². The van der Waals surface area contributed by atoms with Crippen molar-refractivity contribution in [1.82, 2.24) is 19.8 Å². The van der Waals surface area contributed by atoms with Crippen LogP contribution in [0.25, 0.3) is 0 Å². The molecular formula is C36H38FN7O5. The Bertz CT molecular complexity index is 1790. The number of urea groups is 1. The molecule has 49 heavy (non-hydrogen) atoms. The molecule has 13 heteroatoms. The molecule has 0 atom stereocenters. The maximum atomic E-state index is 14.3. The zero-order valence-corrected chi connectivity index (χ0v) is 27.2. The number of hydrogen-bond donors (Lipinski definition) is 2. The van der Waals surface area contributed by atoms with Crippen LogP contribution in [0.4, 0.5) is 20.6 Å². The lowest BCUT2D eigenvalue weighted by Gasteiger charge is -2.38. The van der Waals surface area contributed by atoms with Gasteiger partial charge in [0.2, 0.25) is 5.88 Å². The number of primary amides is 1. The molecule has 0 radical (unpaired) electrons. The second kappa shape index (κ2) is 15.2. The Labute approximate surface area is 283 Å². The third kappa shape index (κ3) is 8.37. The molecule has 2 aliphatic heterocycles. The predicted molar refractivity (Wildman–Crippen MR) is 181 cm³/mol. The van der Waals surface area contributed by atoms with E-state index in [1.165, 1.54) is 24.4 Å². The van der Waals surface area contributed by atoms with Crippen LogP contribution in [-0.2, 0) is 11.3 Å². The van der Waals surface area contributed by atoms with Crippen molar-refractivity contribution in [2.75, 3.05) is 49.6 Å². The SMILES string of the molecule is Cc1nc(Oc2ccc(C(=O)N3CCOCC3)cc2)ccc1CN1CCC(N(C(=O)Nc2ccc(C(N)=O)nc2)c2cccc(F)c2)CC1. The number of rotatable bonds is 9. The van der Waals surface area contributed by atoms with Gasteiger partial charge < -0.3 is 25.4 Å². The Hall–Kier alpha value is -5.40. The van der Waals surface area contributed by atoms with Gasteiger partial charge in [-0.25, -0.2) is 19.2 Å². The van der Waals surface area contributed by atoms with Crippen LogP contribution in [0.15, 0.2) is 79.0 Å². The van der Waals surface area contributed by atoms with Gasteiger partial charge in [0.25, 0.3) is 11.8 Å². The summed E-state index contributed by atoms with van der Waals surface area (Å²) in [5.41, 5.74) is 8.71. The van der Waals surface area contributed by atoms with Gasteiger partial charge in [-0.05, 0) is 79.9 Å². The van der Waals surface area contributed by atoms with Gasteiger partial charge in [-0.15, -0.1) is 0 Å². The van der Waals surface area contributed by atoms with Gasteiger partial charge in [0.05, 0.1) is 25.1 Å². The number of carbonyl (C=O) groups is 3. The number of aromatic nitrogens is 2. The molecule has 4 amide bonds. The molecule has 2 aromatic heterocycles. The van der Waals surface area contributed by atoms with Crippen LogP contribution < -0.4 is 20.7 Å². The highest BCUT2D eigenvalue weighted by Gasteiger charge is 2.30. The number of carbonyl (C=O) groups excluding carboxylic acids is 3. The molecule has 0 unspecified atom stereocenters. The number of amides is 4. The van der Waals surface area contributed by atoms with Crippen molar-refractivity contribution >= 4 is 29.2 Å². The minimum absolute atomic E-state index is 0.0201. The third-order valence-electron chi connectivity index (χ3n) is 8.68. The van der Waals surface area contributed by atoms with Crippen molar-refractivity contribution in [3.8, 4) is 11.6 Å². The number of hydrogen-bond acceptors (Lipinski definition) is 8. The standard InChI is InChI=1S/C36H38FN7O5/c1-24-26(7-12-33(40-24)49-31-9-5-25(6-10-31)35(46)43-17-19-48-20-18-43)23-42-15-13-29(14-16-42)44(30-4-2-3-27(37)21-30)36(47)41-28-8-11-32(34(38)45)39-22-28/h2-12,21-22,29H,13-20,23H2,1H3,(H2,38,45)(H,41,47). The maximum absolute atomic E-state index is 14.3. The van der Waals surface area contributed by atoms with E-state index in [4.69, 9.17) is 15.2 Å². The second-order valence-corrected chi connectivity index (χ2v) is 12.0. The summed E-state index contributed by atoms with van der Waals surface area (Å²) in [6, 6.07) is 19.3. The first kappa shape index (κ1) is 33.5. The first-order chi connectivity index (χ1) is 23.7. The van der Waals surface area contributed by atoms with Gasteiger partial charge in [-0.3, -0.25) is 19.4 Å². The number of pyridine rings is 2. The smallest absolute Gasteiger partial charge is 0.326 e. The van der Waals surface area contributed by atoms with Crippen molar-refractivity contribution in [3.63, 3.8) is 0 Å². The number of nitrogens with zero attached hydrogens (tertiary/aromatic N) is 5. The number of likely N-dealkylation sites (tertiary alicyclic amines) is 1. The van der Waals surface area contributed by atoms with Crippen molar-refractivity contribution in [2.45, 2.75) is 32.4 Å². The molecule has 0 saturated carbocycles. The first-order valence-electron chi connectivity index (χ1n) is 16.2. The summed E-state index contributed by atoms with van der Waals surface area (Å²) in [4.78, 5) is 52.0. The molecule has 2 aliphatic rings. The van der Waals surface area contributed by atoms with Crippen molar-refractivity contribution < 1.29 is 28.2 Å². The number of nitrogens with one attached hydrogen (secondary N) is 1. The Morgan fingerprint density at radius 2 is 1.76 bits per heavy atom. The highest BCUT2D eigenvalue weighted by Crippen LogP contribution is 2.28. The largest absolute Gasteiger partial charge is 0.439 e. The molecule has 0 aliphatic carbocycles. The van der Waals surface area contributed by atoms with Crippen molar-refractivity contribution in [3.05, 3.63) is 107 Å². The van der Waals surface area contributed by atoms with E-state index in [1.54, 1.807) is 52.3 Å². The fraction of sp³-hybridized carbons (Fsp3) is 0.306. The average Bonchev–Trinajstić information content (AvgIpc) is 3.11. The van der Waals surface area contributed by atoms with Crippen LogP contribution in [-0.4, -0.2) is 83.0 Å². The molecule has 6 rings (SSSR count). The summed E-state index contributed by atoms with van der Waals surface area (Å²) >= 11 is 0. The monoisotopic (exact) mass is 667 g/mol. The summed E-state index contributed by atoms with van der Waals surface area (Å²) < 4.78 is 25.6. The number of aryl methyl sites for hydroxylation is 1. The fourth-order valence-electron chi connectivity index (χ4n) is 6.02. The van der Waals surface area contributed by atoms with E-state index in [0.717, 1.165) is 11.3 Å². The number of anilines is 2. The van der Waals surface area contributed by atoms with Gasteiger partial charge in [0.15, 0.2) is 0 Å². The number of ether oxygens (including phenoxy) is 2. The summed E-state index contributed by atoms with van der Waals surface area (Å²) in [6.07, 6.45) is 2.70. The lowest BCUT2D eigenvalue weighted by atomic mass is 10.0. The number of morpholine rings is 1. The summed E-state index contributed by atoms with van der Waals surface area (Å²) in [6.45, 7) is 6.33. The molecule has 2 fully saturated rings. The van der Waals surface area contributed by atoms with E-state index in [9.17, 15) is 18.8 Å². The Balaban J connectivity index is 1.06. The Morgan fingerprint density at radius 1 is 1.00 bits per heavy atom. The van der Waals surface area contributed by atoms with Crippen LogP contribution in [0, 0.1) is 12.7 Å². The molecule has 4 heterocycles. The summed E-state index contributed by atoms with van der Waals surface area (Å²) in [5.74, 6) is -0.0729. The van der Waals surface area contributed by atoms with Gasteiger partial charge in [-0.2, -0.15) is 0 Å². The molecule has 3 N–H and O–H groups in total. The predicted octanol–water partition coefficient (Wildman–Crippen LogP) is 4.99. The van der Waals surface area contributed by atoms with Crippen molar-refractivity contribution in [2.24, 2.45) is 5.73 Å². The number of nitrogens with two attached hydrogens (primary N) is 1. The summed E-state index contributed by atoms with van der Waals surface area (Å²) in [5, 5.41) is 2.82. The van der Waals surface area contributed by atoms with Crippen LogP contribution >= 0.6 is 0 Å². The lowest BCUT2D eigenvalue weighted by Crippen LogP contribution is -2.49. The summed E-state index contributed by atoms with van der Waals surface area (Å²) in [7, 11) is 0. The van der Waals surface area contributed by atoms with Crippen LogP contribution in [0.3, 0.4) is 0 Å². The highest BCUT2D eigenvalue weighted by molar-refractivity contribution is 6.02. The van der Waals surface area contributed by atoms with E-state index in [1.807, 2.05) is 19.1 Å². The Kier molecular flexibility index (Phi) is 10.4. The number of halogens is 1. The van der Waals surface area contributed by atoms with E-state index in [2.05, 4.69) is 20.2 Å². The maximum Gasteiger partial charge on any atom is 0.326 e. The van der Waals surface area contributed by atoms with Crippen LogP contribution in [0.5, 0.6) is 11.6 Å². The zero-order valence-electron chi connectivity index (χ0n) is 27.2. The number of benzene rings is 2. The van der Waals surface area contributed by atoms with E-state index in [-0.39, 0.29) is 17.6 Å². The average molecular weight is 668 g/mol.